The minimum atomic E-state index is -3.54. The van der Waals surface area contributed by atoms with Crippen molar-refractivity contribution in [3.8, 4) is 0 Å². The van der Waals surface area contributed by atoms with Crippen LogP contribution in [0.3, 0.4) is 0 Å². The van der Waals surface area contributed by atoms with E-state index in [1.165, 1.54) is 6.42 Å². The summed E-state index contributed by atoms with van der Waals surface area (Å²) in [6, 6.07) is 0. The molecule has 1 aromatic rings. The average Bonchev–Trinajstić information content (AvgIpc) is 2.68. The smallest absolute Gasteiger partial charge is 0.246 e. The maximum atomic E-state index is 12.3. The lowest BCUT2D eigenvalue weighted by atomic mass is 9.92. The fourth-order valence-electron chi connectivity index (χ4n) is 3.24. The lowest BCUT2D eigenvalue weighted by molar-refractivity contribution is 0.143. The molecular formula is C14H25N3O3S. The highest BCUT2D eigenvalue weighted by Gasteiger charge is 2.25. The molecule has 120 valence electrons. The highest BCUT2D eigenvalue weighted by molar-refractivity contribution is 7.89. The molecule has 1 aliphatic rings. The van der Waals surface area contributed by atoms with Gasteiger partial charge in [-0.1, -0.05) is 19.0 Å². The van der Waals surface area contributed by atoms with E-state index >= 15 is 0 Å². The molecule has 7 heteroatoms. The Kier molecular flexibility index (Phi) is 5.06. The summed E-state index contributed by atoms with van der Waals surface area (Å²) in [6.45, 7) is 11.0. The predicted octanol–water partition coefficient (Wildman–Crippen LogP) is 1.55. The number of rotatable bonds is 5. The molecule has 0 unspecified atom stereocenters. The van der Waals surface area contributed by atoms with E-state index in [9.17, 15) is 8.42 Å². The second kappa shape index (κ2) is 6.46. The quantitative estimate of drug-likeness (QED) is 0.892. The largest absolute Gasteiger partial charge is 0.360 e. The summed E-state index contributed by atoms with van der Waals surface area (Å²) in [6.07, 6.45) is 1.25. The van der Waals surface area contributed by atoms with Gasteiger partial charge < -0.3 is 9.42 Å². The van der Waals surface area contributed by atoms with Crippen LogP contribution in [0.15, 0.2) is 9.42 Å². The number of nitrogens with zero attached hydrogens (tertiary/aromatic N) is 2. The van der Waals surface area contributed by atoms with E-state index < -0.39 is 10.0 Å². The van der Waals surface area contributed by atoms with Crippen molar-refractivity contribution in [3.05, 3.63) is 11.5 Å². The molecule has 0 saturated carbocycles. The lowest BCUT2D eigenvalue weighted by Crippen LogP contribution is -2.42. The maximum Gasteiger partial charge on any atom is 0.246 e. The minimum absolute atomic E-state index is 0.169. The van der Waals surface area contributed by atoms with Crippen molar-refractivity contribution in [2.24, 2.45) is 11.8 Å². The van der Waals surface area contributed by atoms with E-state index in [1.807, 2.05) is 0 Å². The number of aromatic nitrogens is 1. The van der Waals surface area contributed by atoms with E-state index in [-0.39, 0.29) is 4.90 Å². The van der Waals surface area contributed by atoms with Crippen LogP contribution in [0, 0.1) is 25.7 Å². The molecular weight excluding hydrogens is 290 g/mol. The summed E-state index contributed by atoms with van der Waals surface area (Å²) in [5.74, 6) is 1.68. The van der Waals surface area contributed by atoms with Gasteiger partial charge in [0.2, 0.25) is 10.0 Å². The molecule has 1 N–H and O–H groups in total. The fraction of sp³-hybridized carbons (Fsp3) is 0.786. The predicted molar refractivity (Wildman–Crippen MR) is 80.6 cm³/mol. The van der Waals surface area contributed by atoms with Crippen molar-refractivity contribution in [2.75, 3.05) is 26.2 Å². The van der Waals surface area contributed by atoms with Gasteiger partial charge in [-0.25, -0.2) is 13.1 Å². The van der Waals surface area contributed by atoms with Gasteiger partial charge in [-0.05, 0) is 32.1 Å². The van der Waals surface area contributed by atoms with Crippen LogP contribution in [0.25, 0.3) is 0 Å². The highest BCUT2D eigenvalue weighted by atomic mass is 32.2. The van der Waals surface area contributed by atoms with Gasteiger partial charge in [0, 0.05) is 26.2 Å². The van der Waals surface area contributed by atoms with Gasteiger partial charge in [-0.15, -0.1) is 0 Å². The molecule has 0 bridgehead atoms. The van der Waals surface area contributed by atoms with Gasteiger partial charge in [0.25, 0.3) is 0 Å². The molecule has 2 rings (SSSR count). The van der Waals surface area contributed by atoms with Gasteiger partial charge in [0.15, 0.2) is 5.76 Å². The third-order valence-corrected chi connectivity index (χ3v) is 5.61. The normalized spacial score (nSPS) is 24.4. The molecule has 1 aliphatic heterocycles. The molecule has 1 aromatic heterocycles. The van der Waals surface area contributed by atoms with E-state index in [2.05, 4.69) is 28.6 Å². The molecule has 1 fully saturated rings. The van der Waals surface area contributed by atoms with Gasteiger partial charge in [0.1, 0.15) is 10.6 Å². The SMILES string of the molecule is Cc1noc(C)c1S(=O)(=O)NCCN1C[C@H](C)C[C@H](C)C1. The third kappa shape index (κ3) is 4.05. The van der Waals surface area contributed by atoms with Gasteiger partial charge in [-0.3, -0.25) is 0 Å². The summed E-state index contributed by atoms with van der Waals surface area (Å²) in [5, 5.41) is 3.70. The van der Waals surface area contributed by atoms with Gasteiger partial charge >= 0.3 is 0 Å². The van der Waals surface area contributed by atoms with Crippen LogP contribution in [-0.4, -0.2) is 44.7 Å². The van der Waals surface area contributed by atoms with Crippen LogP contribution >= 0.6 is 0 Å². The van der Waals surface area contributed by atoms with Crippen LogP contribution in [0.1, 0.15) is 31.7 Å². The minimum Gasteiger partial charge on any atom is -0.360 e. The zero-order valence-electron chi connectivity index (χ0n) is 13.2. The number of sulfonamides is 1. The van der Waals surface area contributed by atoms with Gasteiger partial charge in [0.05, 0.1) is 0 Å². The van der Waals surface area contributed by atoms with Crippen molar-refractivity contribution in [3.63, 3.8) is 0 Å². The zero-order chi connectivity index (χ0) is 15.6. The lowest BCUT2D eigenvalue weighted by Gasteiger charge is -2.34. The Morgan fingerprint density at radius 1 is 1.29 bits per heavy atom. The van der Waals surface area contributed by atoms with Crippen molar-refractivity contribution in [2.45, 2.75) is 39.0 Å². The Labute approximate surface area is 126 Å². The molecule has 0 spiro atoms. The Balaban J connectivity index is 1.91. The second-order valence-electron chi connectivity index (χ2n) is 6.26. The molecule has 2 atom stereocenters. The number of hydrogen-bond donors (Lipinski definition) is 1. The van der Waals surface area contributed by atoms with Crippen LogP contribution < -0.4 is 4.72 Å². The molecule has 0 aromatic carbocycles. The monoisotopic (exact) mass is 315 g/mol. The van der Waals surface area contributed by atoms with Gasteiger partial charge in [-0.2, -0.15) is 0 Å². The van der Waals surface area contributed by atoms with E-state index in [4.69, 9.17) is 4.52 Å². The van der Waals surface area contributed by atoms with Crippen LogP contribution in [-0.2, 0) is 10.0 Å². The number of aryl methyl sites for hydroxylation is 2. The number of hydrogen-bond acceptors (Lipinski definition) is 5. The molecule has 0 radical (unpaired) electrons. The fourth-order valence-corrected chi connectivity index (χ4v) is 4.59. The second-order valence-corrected chi connectivity index (χ2v) is 7.96. The maximum absolute atomic E-state index is 12.3. The number of piperidine rings is 1. The van der Waals surface area contributed by atoms with E-state index in [0.717, 1.165) is 19.6 Å². The van der Waals surface area contributed by atoms with Crippen LogP contribution in [0.2, 0.25) is 0 Å². The molecule has 21 heavy (non-hydrogen) atoms. The number of nitrogens with one attached hydrogen (secondary N) is 1. The number of likely N-dealkylation sites (tertiary alicyclic amines) is 1. The first-order valence-electron chi connectivity index (χ1n) is 7.44. The van der Waals surface area contributed by atoms with Crippen molar-refractivity contribution >= 4 is 10.0 Å². The highest BCUT2D eigenvalue weighted by Crippen LogP contribution is 2.21. The molecule has 0 aliphatic carbocycles. The molecule has 0 amide bonds. The van der Waals surface area contributed by atoms with E-state index in [1.54, 1.807) is 13.8 Å². The van der Waals surface area contributed by atoms with Crippen LogP contribution in [0.5, 0.6) is 0 Å². The summed E-state index contributed by atoms with van der Waals surface area (Å²) < 4.78 is 32.1. The molecule has 6 nitrogen and oxygen atoms in total. The first-order chi connectivity index (χ1) is 9.79. The standard InChI is InChI=1S/C14H25N3O3S/c1-10-7-11(2)9-17(8-10)6-5-15-21(18,19)14-12(3)16-20-13(14)4/h10-11,15H,5-9H2,1-4H3/t10-,11+. The van der Waals surface area contributed by atoms with Crippen molar-refractivity contribution in [1.29, 1.82) is 0 Å². The molecule has 2 heterocycles. The van der Waals surface area contributed by atoms with Crippen molar-refractivity contribution < 1.29 is 12.9 Å². The van der Waals surface area contributed by atoms with Crippen molar-refractivity contribution in [1.82, 2.24) is 14.8 Å². The first kappa shape index (κ1) is 16.5. The Morgan fingerprint density at radius 2 is 1.90 bits per heavy atom. The Morgan fingerprint density at radius 3 is 2.43 bits per heavy atom. The zero-order valence-corrected chi connectivity index (χ0v) is 14.0. The van der Waals surface area contributed by atoms with Crippen LogP contribution in [0.4, 0.5) is 0 Å². The van der Waals surface area contributed by atoms with E-state index in [0.29, 0.717) is 29.8 Å². The summed E-state index contributed by atoms with van der Waals surface area (Å²) >= 11 is 0. The molecule has 1 saturated heterocycles. The Hall–Kier alpha value is -0.920. The third-order valence-electron chi connectivity index (χ3n) is 3.90. The first-order valence-corrected chi connectivity index (χ1v) is 8.92. The summed E-state index contributed by atoms with van der Waals surface area (Å²) in [4.78, 5) is 2.50. The average molecular weight is 315 g/mol. The summed E-state index contributed by atoms with van der Waals surface area (Å²) in [7, 11) is -3.54. The Bertz CT molecular complexity index is 553. The topological polar surface area (TPSA) is 75.4 Å². The summed E-state index contributed by atoms with van der Waals surface area (Å²) in [5.41, 5.74) is 0.403.